The second-order valence-electron chi connectivity index (χ2n) is 5.87. The summed E-state index contributed by atoms with van der Waals surface area (Å²) in [5.74, 6) is 0.339. The molecule has 1 aromatic carbocycles. The number of carbonyl (C=O) groups is 1. The molecule has 0 saturated heterocycles. The number of hydrogen-bond acceptors (Lipinski definition) is 7. The summed E-state index contributed by atoms with van der Waals surface area (Å²) in [6.45, 7) is 3.91. The number of carbonyl (C=O) groups excluding carboxylic acids is 1. The molecule has 0 spiro atoms. The van der Waals surface area contributed by atoms with Crippen LogP contribution in [0.25, 0.3) is 0 Å². The number of amides is 1. The number of benzene rings is 1. The molecule has 0 unspecified atom stereocenters. The fourth-order valence-corrected chi connectivity index (χ4v) is 2.65. The van der Waals surface area contributed by atoms with E-state index in [2.05, 4.69) is 15.3 Å². The Morgan fingerprint density at radius 1 is 1.42 bits per heavy atom. The van der Waals surface area contributed by atoms with Gasteiger partial charge in [-0.25, -0.2) is 9.97 Å². The Hall–Kier alpha value is -2.91. The van der Waals surface area contributed by atoms with Crippen molar-refractivity contribution in [2.24, 2.45) is 0 Å². The van der Waals surface area contributed by atoms with Crippen LogP contribution in [0.4, 0.5) is 0 Å². The third kappa shape index (κ3) is 3.68. The molecule has 0 aliphatic carbocycles. The highest BCUT2D eigenvalue weighted by Gasteiger charge is 2.30. The molecule has 3 rings (SSSR count). The molecule has 0 fully saturated rings. The predicted molar refractivity (Wildman–Crippen MR) is 94.4 cm³/mol. The lowest BCUT2D eigenvalue weighted by molar-refractivity contribution is 0.0941. The molecule has 1 atom stereocenters. The van der Waals surface area contributed by atoms with Crippen LogP contribution in [0, 0.1) is 6.92 Å². The maximum absolute atomic E-state index is 12.0. The number of fused-ring (bicyclic) bond motifs is 1. The minimum Gasteiger partial charge on any atom is -0.516 e. The van der Waals surface area contributed by atoms with E-state index >= 15 is 0 Å². The Kier molecular flexibility index (Phi) is 5.20. The van der Waals surface area contributed by atoms with E-state index in [0.29, 0.717) is 17.8 Å². The Morgan fingerprint density at radius 3 is 2.92 bits per heavy atom. The topological polar surface area (TPSA) is 114 Å². The zero-order chi connectivity index (χ0) is 18.7. The number of nitrogens with one attached hydrogen (secondary N) is 1. The van der Waals surface area contributed by atoms with Crippen LogP contribution in [-0.4, -0.2) is 39.2 Å². The molecule has 1 aliphatic heterocycles. The van der Waals surface area contributed by atoms with Crippen molar-refractivity contribution in [3.05, 3.63) is 53.7 Å². The molecule has 1 amide bonds. The van der Waals surface area contributed by atoms with Crippen LogP contribution in [0.15, 0.2) is 36.9 Å². The quantitative estimate of drug-likeness (QED) is 0.541. The maximum Gasteiger partial charge on any atom is 0.492 e. The van der Waals surface area contributed by atoms with Gasteiger partial charge in [0.2, 0.25) is 5.88 Å². The van der Waals surface area contributed by atoms with E-state index in [1.807, 2.05) is 13.0 Å². The first kappa shape index (κ1) is 17.9. The van der Waals surface area contributed by atoms with Crippen molar-refractivity contribution < 1.29 is 24.3 Å². The summed E-state index contributed by atoms with van der Waals surface area (Å²) in [6, 6.07) is 3.27. The van der Waals surface area contributed by atoms with Crippen molar-refractivity contribution in [1.82, 2.24) is 15.3 Å². The molecule has 1 aromatic heterocycles. The SMILES string of the molecule is Cc1c(Oc2cnc(C(=O)N[C@H](C)C=CO)cn2)ccc2c1B(O)OC2. The van der Waals surface area contributed by atoms with Crippen molar-refractivity contribution in [2.75, 3.05) is 0 Å². The van der Waals surface area contributed by atoms with E-state index in [9.17, 15) is 9.82 Å². The molecule has 0 radical (unpaired) electrons. The summed E-state index contributed by atoms with van der Waals surface area (Å²) in [7, 11) is -0.958. The Labute approximate surface area is 150 Å². The van der Waals surface area contributed by atoms with E-state index in [1.54, 1.807) is 13.0 Å². The number of aliphatic hydroxyl groups excluding tert-OH is 1. The van der Waals surface area contributed by atoms with Gasteiger partial charge in [-0.1, -0.05) is 6.07 Å². The number of rotatable bonds is 5. The van der Waals surface area contributed by atoms with Gasteiger partial charge >= 0.3 is 7.12 Å². The first-order chi connectivity index (χ1) is 12.5. The van der Waals surface area contributed by atoms with E-state index in [0.717, 1.165) is 17.4 Å². The monoisotopic (exact) mass is 355 g/mol. The highest BCUT2D eigenvalue weighted by Crippen LogP contribution is 2.25. The van der Waals surface area contributed by atoms with Gasteiger partial charge in [0.15, 0.2) is 0 Å². The van der Waals surface area contributed by atoms with Gasteiger partial charge in [0.1, 0.15) is 11.4 Å². The summed E-state index contributed by atoms with van der Waals surface area (Å²) < 4.78 is 10.9. The van der Waals surface area contributed by atoms with Crippen molar-refractivity contribution in [3.8, 4) is 11.6 Å². The zero-order valence-corrected chi connectivity index (χ0v) is 14.3. The second kappa shape index (κ2) is 7.55. The standard InChI is InChI=1S/C17H18BN3O5/c1-10(5-6-22)21-17(23)13-7-20-15(8-19-13)26-14-4-3-12-9-25-18(24)16(12)11(14)2/h3-8,10,22,24H,9H2,1-2H3,(H,21,23)/t10-/m1/s1. The lowest BCUT2D eigenvalue weighted by Gasteiger charge is -2.12. The van der Waals surface area contributed by atoms with Crippen LogP contribution in [-0.2, 0) is 11.3 Å². The zero-order valence-electron chi connectivity index (χ0n) is 14.3. The third-order valence-electron chi connectivity index (χ3n) is 4.01. The second-order valence-corrected chi connectivity index (χ2v) is 5.87. The maximum atomic E-state index is 12.0. The summed E-state index contributed by atoms with van der Waals surface area (Å²) in [5.41, 5.74) is 2.52. The first-order valence-electron chi connectivity index (χ1n) is 8.03. The summed E-state index contributed by atoms with van der Waals surface area (Å²) in [5, 5.41) is 21.2. The number of aromatic nitrogens is 2. The van der Waals surface area contributed by atoms with Gasteiger partial charge in [-0.15, -0.1) is 0 Å². The minimum atomic E-state index is -0.958. The van der Waals surface area contributed by atoms with E-state index < -0.39 is 13.0 Å². The smallest absolute Gasteiger partial charge is 0.492 e. The number of ether oxygens (including phenoxy) is 1. The fourth-order valence-electron chi connectivity index (χ4n) is 2.65. The summed E-state index contributed by atoms with van der Waals surface area (Å²) in [6.07, 6.45) is 4.95. The van der Waals surface area contributed by atoms with Crippen LogP contribution in [0.3, 0.4) is 0 Å². The van der Waals surface area contributed by atoms with E-state index in [-0.39, 0.29) is 17.6 Å². The number of hydrogen-bond donors (Lipinski definition) is 3. The van der Waals surface area contributed by atoms with Crippen LogP contribution in [0.1, 0.15) is 28.5 Å². The van der Waals surface area contributed by atoms with E-state index in [1.165, 1.54) is 18.5 Å². The van der Waals surface area contributed by atoms with Crippen LogP contribution in [0.2, 0.25) is 0 Å². The molecule has 134 valence electrons. The van der Waals surface area contributed by atoms with Crippen LogP contribution < -0.4 is 15.5 Å². The van der Waals surface area contributed by atoms with Crippen molar-refractivity contribution in [1.29, 1.82) is 0 Å². The molecule has 8 nitrogen and oxygen atoms in total. The van der Waals surface area contributed by atoms with Crippen molar-refractivity contribution in [2.45, 2.75) is 26.5 Å². The summed E-state index contributed by atoms with van der Waals surface area (Å²) in [4.78, 5) is 20.1. The Balaban J connectivity index is 1.72. The average molecular weight is 355 g/mol. The van der Waals surface area contributed by atoms with Gasteiger partial charge in [0.05, 0.1) is 25.3 Å². The molecule has 26 heavy (non-hydrogen) atoms. The number of aliphatic hydroxyl groups is 1. The van der Waals surface area contributed by atoms with Crippen molar-refractivity contribution in [3.63, 3.8) is 0 Å². The number of nitrogens with zero attached hydrogens (tertiary/aromatic N) is 2. The lowest BCUT2D eigenvalue weighted by atomic mass is 9.76. The highest BCUT2D eigenvalue weighted by molar-refractivity contribution is 6.62. The van der Waals surface area contributed by atoms with Crippen LogP contribution in [0.5, 0.6) is 11.6 Å². The van der Waals surface area contributed by atoms with Gasteiger partial charge in [-0.2, -0.15) is 0 Å². The first-order valence-corrected chi connectivity index (χ1v) is 8.03. The average Bonchev–Trinajstić information content (AvgIpc) is 3.00. The largest absolute Gasteiger partial charge is 0.516 e. The van der Waals surface area contributed by atoms with Gasteiger partial charge < -0.3 is 24.8 Å². The fraction of sp³-hybridized carbons (Fsp3) is 0.235. The van der Waals surface area contributed by atoms with Crippen LogP contribution >= 0.6 is 0 Å². The lowest BCUT2D eigenvalue weighted by Crippen LogP contribution is -2.31. The van der Waals surface area contributed by atoms with Gasteiger partial charge in [-0.3, -0.25) is 4.79 Å². The summed E-state index contributed by atoms with van der Waals surface area (Å²) >= 11 is 0. The minimum absolute atomic E-state index is 0.130. The van der Waals surface area contributed by atoms with Crippen molar-refractivity contribution >= 4 is 18.5 Å². The molecule has 1 aliphatic rings. The molecule has 0 bridgehead atoms. The molecule has 0 saturated carbocycles. The molecular formula is C17H18BN3O5. The third-order valence-corrected chi connectivity index (χ3v) is 4.01. The van der Waals surface area contributed by atoms with Gasteiger partial charge in [-0.05, 0) is 42.6 Å². The molecule has 2 aromatic rings. The highest BCUT2D eigenvalue weighted by atomic mass is 16.5. The predicted octanol–water partition coefficient (Wildman–Crippen LogP) is 0.985. The molecule has 9 heteroatoms. The van der Waals surface area contributed by atoms with Gasteiger partial charge in [0, 0.05) is 6.04 Å². The molecule has 2 heterocycles. The molecular weight excluding hydrogens is 337 g/mol. The Morgan fingerprint density at radius 2 is 2.23 bits per heavy atom. The van der Waals surface area contributed by atoms with Gasteiger partial charge in [0.25, 0.3) is 5.91 Å². The molecule has 3 N–H and O–H groups in total. The normalized spacial score (nSPS) is 14.3. The Bertz CT molecular complexity index is 841. The van der Waals surface area contributed by atoms with E-state index in [4.69, 9.17) is 14.5 Å².